The molecule has 1 N–H and O–H groups in total. The van der Waals surface area contributed by atoms with Crippen molar-refractivity contribution < 1.29 is 14.3 Å². The molecule has 2 aromatic rings. The molecule has 0 saturated carbocycles. The Morgan fingerprint density at radius 2 is 1.83 bits per heavy atom. The van der Waals surface area contributed by atoms with Crippen LogP contribution in [-0.4, -0.2) is 19.1 Å². The molecule has 4 nitrogen and oxygen atoms in total. The van der Waals surface area contributed by atoms with E-state index in [-0.39, 0.29) is 5.91 Å². The van der Waals surface area contributed by atoms with Gasteiger partial charge in [0.1, 0.15) is 0 Å². The Labute approximate surface area is 151 Å². The number of para-hydroxylation sites is 2. The number of hydrogen-bond acceptors (Lipinski definition) is 3. The number of rotatable bonds is 8. The van der Waals surface area contributed by atoms with Crippen LogP contribution in [0.2, 0.25) is 0 Å². The molecule has 0 fully saturated rings. The monoisotopic (exact) mass is 391 g/mol. The third kappa shape index (κ3) is 5.57. The van der Waals surface area contributed by atoms with Gasteiger partial charge in [0.2, 0.25) is 5.91 Å². The summed E-state index contributed by atoms with van der Waals surface area (Å²) in [6, 6.07) is 13.3. The Morgan fingerprint density at radius 3 is 2.50 bits per heavy atom. The molecule has 5 heteroatoms. The summed E-state index contributed by atoms with van der Waals surface area (Å²) in [5.41, 5.74) is 1.87. The molecule has 0 atom stereocenters. The van der Waals surface area contributed by atoms with Crippen LogP contribution in [0.3, 0.4) is 0 Å². The first kappa shape index (κ1) is 18.3. The molecule has 0 aliphatic carbocycles. The average Bonchev–Trinajstić information content (AvgIpc) is 2.56. The van der Waals surface area contributed by atoms with Crippen molar-refractivity contribution in [2.45, 2.75) is 26.7 Å². The zero-order valence-electron chi connectivity index (χ0n) is 14.0. The maximum atomic E-state index is 12.0. The van der Waals surface area contributed by atoms with Gasteiger partial charge in [-0.2, -0.15) is 0 Å². The lowest BCUT2D eigenvalue weighted by molar-refractivity contribution is -0.116. The number of hydrogen-bond donors (Lipinski definition) is 1. The van der Waals surface area contributed by atoms with Crippen molar-refractivity contribution in [2.75, 3.05) is 18.5 Å². The highest BCUT2D eigenvalue weighted by Crippen LogP contribution is 2.26. The number of carbonyl (C=O) groups is 1. The lowest BCUT2D eigenvalue weighted by Crippen LogP contribution is -2.13. The van der Waals surface area contributed by atoms with Crippen molar-refractivity contribution in [1.82, 2.24) is 0 Å². The van der Waals surface area contributed by atoms with Crippen LogP contribution in [0.25, 0.3) is 0 Å². The zero-order chi connectivity index (χ0) is 17.4. The normalized spacial score (nSPS) is 10.3. The van der Waals surface area contributed by atoms with E-state index >= 15 is 0 Å². The van der Waals surface area contributed by atoms with E-state index in [4.69, 9.17) is 9.47 Å². The molecule has 2 aromatic carbocycles. The van der Waals surface area contributed by atoms with Crippen molar-refractivity contribution in [3.05, 3.63) is 52.5 Å². The molecule has 1 amide bonds. The van der Waals surface area contributed by atoms with Crippen molar-refractivity contribution >= 4 is 27.5 Å². The van der Waals surface area contributed by atoms with Crippen LogP contribution < -0.4 is 14.8 Å². The highest BCUT2D eigenvalue weighted by Gasteiger charge is 2.07. The Bertz CT molecular complexity index is 688. The number of amides is 1. The van der Waals surface area contributed by atoms with Gasteiger partial charge >= 0.3 is 0 Å². The van der Waals surface area contributed by atoms with E-state index in [1.54, 1.807) is 0 Å². The molecular weight excluding hydrogens is 370 g/mol. The molecule has 0 saturated heterocycles. The summed E-state index contributed by atoms with van der Waals surface area (Å²) >= 11 is 3.41. The Balaban J connectivity index is 1.77. The first-order chi connectivity index (χ1) is 11.6. The number of anilines is 1. The van der Waals surface area contributed by atoms with Crippen LogP contribution in [-0.2, 0) is 4.79 Å². The van der Waals surface area contributed by atoms with Gasteiger partial charge in [0.15, 0.2) is 11.5 Å². The maximum Gasteiger partial charge on any atom is 0.224 e. The minimum atomic E-state index is -0.0119. The second kappa shape index (κ2) is 9.33. The fraction of sp³-hybridized carbons (Fsp3) is 0.316. The van der Waals surface area contributed by atoms with Crippen molar-refractivity contribution in [3.8, 4) is 11.5 Å². The lowest BCUT2D eigenvalue weighted by atomic mass is 10.2. The topological polar surface area (TPSA) is 47.6 Å². The summed E-state index contributed by atoms with van der Waals surface area (Å²) in [6.07, 6.45) is 1.05. The van der Waals surface area contributed by atoms with E-state index in [1.807, 2.05) is 56.3 Å². The Morgan fingerprint density at radius 1 is 1.12 bits per heavy atom. The largest absolute Gasteiger partial charge is 0.490 e. The Kier molecular flexibility index (Phi) is 7.12. The number of aryl methyl sites for hydroxylation is 1. The van der Waals surface area contributed by atoms with Gasteiger partial charge in [-0.1, -0.05) is 28.1 Å². The van der Waals surface area contributed by atoms with Crippen LogP contribution in [0.15, 0.2) is 46.9 Å². The zero-order valence-corrected chi connectivity index (χ0v) is 15.6. The first-order valence-electron chi connectivity index (χ1n) is 8.00. The van der Waals surface area contributed by atoms with Gasteiger partial charge in [-0.05, 0) is 56.2 Å². The second-order valence-corrected chi connectivity index (χ2v) is 6.25. The minimum absolute atomic E-state index is 0.0119. The van der Waals surface area contributed by atoms with Gasteiger partial charge in [-0.25, -0.2) is 0 Å². The van der Waals surface area contributed by atoms with E-state index in [9.17, 15) is 4.79 Å². The van der Waals surface area contributed by atoms with Gasteiger partial charge < -0.3 is 14.8 Å². The van der Waals surface area contributed by atoms with Crippen LogP contribution in [0.4, 0.5) is 5.69 Å². The van der Waals surface area contributed by atoms with Gasteiger partial charge in [0, 0.05) is 16.6 Å². The molecule has 0 unspecified atom stereocenters. The molecule has 0 radical (unpaired) electrons. The fourth-order valence-corrected chi connectivity index (χ4v) is 2.71. The van der Waals surface area contributed by atoms with E-state index in [0.29, 0.717) is 31.8 Å². The van der Waals surface area contributed by atoms with Gasteiger partial charge in [0.25, 0.3) is 0 Å². The first-order valence-corrected chi connectivity index (χ1v) is 8.80. The second-order valence-electron chi connectivity index (χ2n) is 5.34. The minimum Gasteiger partial charge on any atom is -0.490 e. The Hall–Kier alpha value is -2.01. The van der Waals surface area contributed by atoms with Crippen molar-refractivity contribution in [3.63, 3.8) is 0 Å². The molecule has 0 aliphatic rings. The summed E-state index contributed by atoms with van der Waals surface area (Å²) < 4.78 is 12.2. The van der Waals surface area contributed by atoms with Gasteiger partial charge in [0.05, 0.1) is 13.2 Å². The number of nitrogens with one attached hydrogen (secondary N) is 1. The van der Waals surface area contributed by atoms with Crippen LogP contribution in [0.1, 0.15) is 25.3 Å². The summed E-state index contributed by atoms with van der Waals surface area (Å²) in [5, 5.41) is 2.93. The predicted octanol–water partition coefficient (Wildman–Crippen LogP) is 4.95. The van der Waals surface area contributed by atoms with E-state index < -0.39 is 0 Å². The summed E-state index contributed by atoms with van der Waals surface area (Å²) in [6.45, 7) is 4.96. The molecule has 0 spiro atoms. The van der Waals surface area contributed by atoms with Crippen molar-refractivity contribution in [1.29, 1.82) is 0 Å². The van der Waals surface area contributed by atoms with Crippen LogP contribution >= 0.6 is 15.9 Å². The summed E-state index contributed by atoms with van der Waals surface area (Å²) in [7, 11) is 0. The number of halogens is 1. The molecule has 0 bridgehead atoms. The predicted molar refractivity (Wildman–Crippen MR) is 99.8 cm³/mol. The maximum absolute atomic E-state index is 12.0. The lowest BCUT2D eigenvalue weighted by Gasteiger charge is -2.12. The molecule has 128 valence electrons. The summed E-state index contributed by atoms with van der Waals surface area (Å²) in [4.78, 5) is 12.0. The van der Waals surface area contributed by atoms with Crippen LogP contribution in [0.5, 0.6) is 11.5 Å². The summed E-state index contributed by atoms with van der Waals surface area (Å²) in [5.74, 6) is 1.43. The average molecular weight is 392 g/mol. The van der Waals surface area contributed by atoms with E-state index in [2.05, 4.69) is 21.2 Å². The number of carbonyl (C=O) groups excluding carboxylic acids is 1. The SMILES string of the molecule is CCOc1ccccc1OCCCC(=O)Nc1ccc(Br)cc1C. The molecular formula is C19H22BrNO3. The molecule has 0 aromatic heterocycles. The quantitative estimate of drug-likeness (QED) is 0.647. The van der Waals surface area contributed by atoms with Crippen molar-refractivity contribution in [2.24, 2.45) is 0 Å². The molecule has 0 aliphatic heterocycles. The fourth-order valence-electron chi connectivity index (χ4n) is 2.24. The third-order valence-electron chi connectivity index (χ3n) is 3.42. The highest BCUT2D eigenvalue weighted by atomic mass is 79.9. The molecule has 0 heterocycles. The van der Waals surface area contributed by atoms with Gasteiger partial charge in [-0.15, -0.1) is 0 Å². The third-order valence-corrected chi connectivity index (χ3v) is 3.91. The smallest absolute Gasteiger partial charge is 0.224 e. The van der Waals surface area contributed by atoms with Crippen LogP contribution in [0, 0.1) is 6.92 Å². The number of benzene rings is 2. The molecule has 24 heavy (non-hydrogen) atoms. The molecule has 2 rings (SSSR count). The standard InChI is InChI=1S/C19H22BrNO3/c1-3-23-17-7-4-5-8-18(17)24-12-6-9-19(22)21-16-11-10-15(20)13-14(16)2/h4-5,7-8,10-11,13H,3,6,9,12H2,1-2H3,(H,21,22). The van der Waals surface area contributed by atoms with E-state index in [1.165, 1.54) is 0 Å². The number of ether oxygens (including phenoxy) is 2. The highest BCUT2D eigenvalue weighted by molar-refractivity contribution is 9.10. The van der Waals surface area contributed by atoms with E-state index in [0.717, 1.165) is 21.5 Å². The van der Waals surface area contributed by atoms with Gasteiger partial charge in [-0.3, -0.25) is 4.79 Å².